The van der Waals surface area contributed by atoms with Gasteiger partial charge in [0.1, 0.15) is 18.4 Å². The molecule has 1 amide bonds. The normalized spacial score (nSPS) is 11.2. The van der Waals surface area contributed by atoms with Crippen LogP contribution in [0.25, 0.3) is 10.8 Å². The van der Waals surface area contributed by atoms with Crippen LogP contribution in [-0.2, 0) is 0 Å². The number of nitrogens with zero attached hydrogens (tertiary/aromatic N) is 4. The van der Waals surface area contributed by atoms with E-state index in [0.717, 1.165) is 16.3 Å². The van der Waals surface area contributed by atoms with Crippen LogP contribution in [0.4, 0.5) is 5.69 Å². The quantitative estimate of drug-likeness (QED) is 0.536. The topological polar surface area (TPSA) is 92.4 Å². The van der Waals surface area contributed by atoms with E-state index in [1.165, 1.54) is 23.5 Å². The SMILES string of the molecule is Cc1ccccc1NC(=O)c1cc2ccccc2c(C=Nn2cnnc2)c1O. The second-order valence-electron chi connectivity index (χ2n) is 6.26. The van der Waals surface area contributed by atoms with E-state index in [1.54, 1.807) is 6.07 Å². The first kappa shape index (κ1) is 17.4. The maximum Gasteiger partial charge on any atom is 0.259 e. The van der Waals surface area contributed by atoms with Gasteiger partial charge in [0.2, 0.25) is 0 Å². The maximum absolute atomic E-state index is 12.9. The largest absolute Gasteiger partial charge is 0.506 e. The van der Waals surface area contributed by atoms with Crippen LogP contribution in [0, 0.1) is 6.92 Å². The number of nitrogens with one attached hydrogen (secondary N) is 1. The number of rotatable bonds is 4. The van der Waals surface area contributed by atoms with Gasteiger partial charge in [-0.25, -0.2) is 4.68 Å². The predicted octanol–water partition coefficient (Wildman–Crippen LogP) is 3.58. The number of aromatic nitrogens is 3. The monoisotopic (exact) mass is 371 g/mol. The molecule has 2 N–H and O–H groups in total. The molecule has 0 bridgehead atoms. The molecule has 1 heterocycles. The minimum atomic E-state index is -0.392. The number of carbonyl (C=O) groups excluding carboxylic acids is 1. The summed E-state index contributed by atoms with van der Waals surface area (Å²) in [7, 11) is 0. The third-order valence-corrected chi connectivity index (χ3v) is 4.43. The summed E-state index contributed by atoms with van der Waals surface area (Å²) < 4.78 is 1.41. The third kappa shape index (κ3) is 3.33. The van der Waals surface area contributed by atoms with Crippen LogP contribution in [0.15, 0.2) is 72.4 Å². The fourth-order valence-corrected chi connectivity index (χ4v) is 2.95. The van der Waals surface area contributed by atoms with Crippen molar-refractivity contribution in [1.29, 1.82) is 0 Å². The molecule has 7 nitrogen and oxygen atoms in total. The second-order valence-corrected chi connectivity index (χ2v) is 6.26. The van der Waals surface area contributed by atoms with E-state index in [0.29, 0.717) is 11.3 Å². The number of phenols is 1. The van der Waals surface area contributed by atoms with Gasteiger partial charge >= 0.3 is 0 Å². The molecule has 7 heteroatoms. The molecule has 0 spiro atoms. The number of phenolic OH excluding ortho intramolecular Hbond substituents is 1. The van der Waals surface area contributed by atoms with Crippen LogP contribution in [0.5, 0.6) is 5.75 Å². The first-order valence-corrected chi connectivity index (χ1v) is 8.64. The number of benzene rings is 3. The molecule has 0 aliphatic rings. The molecule has 4 aromatic rings. The van der Waals surface area contributed by atoms with Crippen molar-refractivity contribution in [2.45, 2.75) is 6.92 Å². The first-order chi connectivity index (χ1) is 13.6. The summed E-state index contributed by atoms with van der Waals surface area (Å²) in [5, 5.41) is 26.9. The molecule has 3 aromatic carbocycles. The molecular formula is C21H17N5O2. The molecule has 1 aromatic heterocycles. The minimum absolute atomic E-state index is 0.137. The molecule has 0 fully saturated rings. The zero-order valence-corrected chi connectivity index (χ0v) is 15.1. The van der Waals surface area contributed by atoms with E-state index in [9.17, 15) is 9.90 Å². The lowest BCUT2D eigenvalue weighted by Gasteiger charge is -2.13. The Labute approximate surface area is 161 Å². The van der Waals surface area contributed by atoms with Gasteiger partial charge < -0.3 is 10.4 Å². The number of aromatic hydroxyl groups is 1. The lowest BCUT2D eigenvalue weighted by molar-refractivity contribution is 0.102. The third-order valence-electron chi connectivity index (χ3n) is 4.43. The number of carbonyl (C=O) groups is 1. The van der Waals surface area contributed by atoms with Crippen LogP contribution in [0.3, 0.4) is 0 Å². The molecule has 28 heavy (non-hydrogen) atoms. The Morgan fingerprint density at radius 3 is 2.61 bits per heavy atom. The van der Waals surface area contributed by atoms with Crippen molar-refractivity contribution >= 4 is 28.6 Å². The summed E-state index contributed by atoms with van der Waals surface area (Å²) in [5.74, 6) is -0.530. The molecule has 4 rings (SSSR count). The maximum atomic E-state index is 12.9. The highest BCUT2D eigenvalue weighted by molar-refractivity contribution is 6.13. The zero-order valence-electron chi connectivity index (χ0n) is 15.1. The van der Waals surface area contributed by atoms with Gasteiger partial charge in [-0.05, 0) is 35.4 Å². The Balaban J connectivity index is 1.79. The lowest BCUT2D eigenvalue weighted by atomic mass is 9.99. The number of para-hydroxylation sites is 1. The molecule has 0 saturated carbocycles. The minimum Gasteiger partial charge on any atom is -0.506 e. The Hall–Kier alpha value is -4.00. The number of aryl methyl sites for hydroxylation is 1. The number of fused-ring (bicyclic) bond motifs is 1. The fraction of sp³-hybridized carbons (Fsp3) is 0.0476. The van der Waals surface area contributed by atoms with Gasteiger partial charge in [-0.1, -0.05) is 42.5 Å². The lowest BCUT2D eigenvalue weighted by Crippen LogP contribution is -2.13. The summed E-state index contributed by atoms with van der Waals surface area (Å²) in [6.45, 7) is 1.91. The van der Waals surface area contributed by atoms with Crippen molar-refractivity contribution in [3.8, 4) is 5.75 Å². The average Bonchev–Trinajstić information content (AvgIpc) is 3.22. The highest BCUT2D eigenvalue weighted by Crippen LogP contribution is 2.31. The van der Waals surface area contributed by atoms with E-state index in [4.69, 9.17) is 0 Å². The summed E-state index contributed by atoms with van der Waals surface area (Å²) in [4.78, 5) is 12.9. The van der Waals surface area contributed by atoms with E-state index >= 15 is 0 Å². The smallest absolute Gasteiger partial charge is 0.259 e. The van der Waals surface area contributed by atoms with Gasteiger partial charge in [0.25, 0.3) is 5.91 Å². The van der Waals surface area contributed by atoms with E-state index in [-0.39, 0.29) is 11.3 Å². The van der Waals surface area contributed by atoms with Crippen LogP contribution < -0.4 is 5.32 Å². The number of hydrogen-bond donors (Lipinski definition) is 2. The first-order valence-electron chi connectivity index (χ1n) is 8.64. The van der Waals surface area contributed by atoms with E-state index in [2.05, 4.69) is 20.6 Å². The molecular weight excluding hydrogens is 354 g/mol. The molecule has 0 aliphatic heterocycles. The summed E-state index contributed by atoms with van der Waals surface area (Å²) in [6.07, 6.45) is 4.36. The van der Waals surface area contributed by atoms with Gasteiger partial charge in [0, 0.05) is 11.3 Å². The van der Waals surface area contributed by atoms with Crippen LogP contribution in [-0.4, -0.2) is 32.1 Å². The Morgan fingerprint density at radius 2 is 1.82 bits per heavy atom. The van der Waals surface area contributed by atoms with Crippen molar-refractivity contribution in [2.75, 3.05) is 5.32 Å². The zero-order chi connectivity index (χ0) is 19.5. The van der Waals surface area contributed by atoms with Crippen LogP contribution in [0.1, 0.15) is 21.5 Å². The van der Waals surface area contributed by atoms with Gasteiger partial charge in [0.05, 0.1) is 11.8 Å². The van der Waals surface area contributed by atoms with Crippen molar-refractivity contribution in [2.24, 2.45) is 5.10 Å². The summed E-state index contributed by atoms with van der Waals surface area (Å²) in [5.41, 5.74) is 2.25. The highest BCUT2D eigenvalue weighted by atomic mass is 16.3. The van der Waals surface area contributed by atoms with Crippen molar-refractivity contribution in [3.05, 3.63) is 83.9 Å². The van der Waals surface area contributed by atoms with Gasteiger partial charge in [-0.15, -0.1) is 10.2 Å². The standard InChI is InChI=1S/C21H17N5O2/c1-14-6-2-5-9-19(14)25-21(28)17-10-15-7-3-4-8-16(15)18(20(17)27)11-24-26-12-22-23-13-26/h2-13,27H,1H3,(H,25,28). The van der Waals surface area contributed by atoms with Crippen LogP contribution >= 0.6 is 0 Å². The van der Waals surface area contributed by atoms with Gasteiger partial charge in [-0.2, -0.15) is 5.10 Å². The highest BCUT2D eigenvalue weighted by Gasteiger charge is 2.18. The molecule has 0 radical (unpaired) electrons. The number of anilines is 1. The predicted molar refractivity (Wildman–Crippen MR) is 108 cm³/mol. The Bertz CT molecular complexity index is 1180. The molecule has 0 aliphatic carbocycles. The molecule has 138 valence electrons. The van der Waals surface area contributed by atoms with Crippen molar-refractivity contribution in [3.63, 3.8) is 0 Å². The second kappa shape index (κ2) is 7.32. The van der Waals surface area contributed by atoms with Gasteiger partial charge in [-0.3, -0.25) is 4.79 Å². The summed E-state index contributed by atoms with van der Waals surface area (Å²) in [6, 6.07) is 16.6. The molecule has 0 atom stereocenters. The number of amides is 1. The van der Waals surface area contributed by atoms with Crippen LogP contribution in [0.2, 0.25) is 0 Å². The van der Waals surface area contributed by atoms with E-state index in [1.807, 2.05) is 55.5 Å². The summed E-state index contributed by atoms with van der Waals surface area (Å²) >= 11 is 0. The molecule has 0 saturated heterocycles. The average molecular weight is 371 g/mol. The fourth-order valence-electron chi connectivity index (χ4n) is 2.95. The Kier molecular flexibility index (Phi) is 4.55. The number of hydrogen-bond acceptors (Lipinski definition) is 5. The molecule has 0 unspecified atom stereocenters. The van der Waals surface area contributed by atoms with Crippen molar-refractivity contribution in [1.82, 2.24) is 14.9 Å². The van der Waals surface area contributed by atoms with Gasteiger partial charge in [0.15, 0.2) is 0 Å². The Morgan fingerprint density at radius 1 is 1.11 bits per heavy atom. The van der Waals surface area contributed by atoms with E-state index < -0.39 is 5.91 Å². The van der Waals surface area contributed by atoms with Crippen molar-refractivity contribution < 1.29 is 9.90 Å².